The van der Waals surface area contributed by atoms with Crippen LogP contribution in [0, 0.1) is 5.82 Å². The third-order valence-electron chi connectivity index (χ3n) is 3.89. The van der Waals surface area contributed by atoms with Gasteiger partial charge in [-0.2, -0.15) is 0 Å². The molecule has 0 aliphatic carbocycles. The van der Waals surface area contributed by atoms with Crippen molar-refractivity contribution in [3.05, 3.63) is 71.0 Å². The molecule has 0 heterocycles. The summed E-state index contributed by atoms with van der Waals surface area (Å²) in [6.45, 7) is 6.46. The molecule has 0 saturated carbocycles. The fourth-order valence-electron chi connectivity index (χ4n) is 2.58. The molecule has 1 nitrogen and oxygen atoms in total. The summed E-state index contributed by atoms with van der Waals surface area (Å²) in [6, 6.07) is 16.0. The summed E-state index contributed by atoms with van der Waals surface area (Å²) in [5.74, 6) is -0.189. The number of halogens is 1. The molecule has 1 unspecified atom stereocenters. The van der Waals surface area contributed by atoms with E-state index >= 15 is 0 Å². The predicted molar refractivity (Wildman–Crippen MR) is 86.8 cm³/mol. The lowest BCUT2D eigenvalue weighted by atomic mass is 10.0. The summed E-state index contributed by atoms with van der Waals surface area (Å²) < 4.78 is 13.0. The topological polar surface area (TPSA) is 12.0 Å². The van der Waals surface area contributed by atoms with Gasteiger partial charge in [0.15, 0.2) is 0 Å². The van der Waals surface area contributed by atoms with Crippen molar-refractivity contribution in [3.63, 3.8) is 0 Å². The quantitative estimate of drug-likeness (QED) is 0.770. The number of hydrogen-bond acceptors (Lipinski definition) is 1. The first kappa shape index (κ1) is 15.7. The lowest BCUT2D eigenvalue weighted by Crippen LogP contribution is -2.22. The van der Waals surface area contributed by atoms with Crippen LogP contribution in [0.2, 0.25) is 0 Å². The van der Waals surface area contributed by atoms with Crippen molar-refractivity contribution in [1.29, 1.82) is 0 Å². The molecule has 2 aromatic carbocycles. The second kappa shape index (κ2) is 7.37. The first-order chi connectivity index (χ1) is 10.1. The van der Waals surface area contributed by atoms with Crippen LogP contribution in [0.3, 0.4) is 0 Å². The van der Waals surface area contributed by atoms with Crippen LogP contribution in [-0.2, 0) is 6.42 Å². The normalized spacial score (nSPS) is 13.9. The highest BCUT2D eigenvalue weighted by molar-refractivity contribution is 5.26. The summed E-state index contributed by atoms with van der Waals surface area (Å²) in [5, 5.41) is 3.56. The van der Waals surface area contributed by atoms with Gasteiger partial charge in [0.25, 0.3) is 0 Å². The molecule has 2 aromatic rings. The Morgan fingerprint density at radius 1 is 0.857 bits per heavy atom. The number of hydrogen-bond donors (Lipinski definition) is 1. The fraction of sp³-hybridized carbons (Fsp3) is 0.368. The molecular weight excluding hydrogens is 261 g/mol. The van der Waals surface area contributed by atoms with Gasteiger partial charge >= 0.3 is 0 Å². The molecule has 0 bridgehead atoms. The maximum Gasteiger partial charge on any atom is 0.123 e. The second-order valence-electron chi connectivity index (χ2n) is 5.65. The van der Waals surface area contributed by atoms with E-state index in [1.54, 1.807) is 0 Å². The summed E-state index contributed by atoms with van der Waals surface area (Å²) in [6.07, 6.45) is 2.31. The Labute approximate surface area is 127 Å². The van der Waals surface area contributed by atoms with Crippen LogP contribution in [0.1, 0.15) is 56.0 Å². The van der Waals surface area contributed by atoms with Gasteiger partial charge in [-0.15, -0.1) is 0 Å². The van der Waals surface area contributed by atoms with E-state index in [0.29, 0.717) is 0 Å². The van der Waals surface area contributed by atoms with Crippen molar-refractivity contribution in [2.75, 3.05) is 0 Å². The Hall–Kier alpha value is -1.67. The highest BCUT2D eigenvalue weighted by Gasteiger charge is 2.11. The Morgan fingerprint density at radius 3 is 1.81 bits per heavy atom. The molecule has 0 fully saturated rings. The maximum absolute atomic E-state index is 13.0. The van der Waals surface area contributed by atoms with E-state index in [0.717, 1.165) is 12.0 Å². The summed E-state index contributed by atoms with van der Waals surface area (Å²) >= 11 is 0. The average Bonchev–Trinajstić information content (AvgIpc) is 2.49. The smallest absolute Gasteiger partial charge is 0.123 e. The molecule has 0 spiro atoms. The van der Waals surface area contributed by atoms with Crippen molar-refractivity contribution >= 4 is 0 Å². The molecule has 0 aliphatic rings. The largest absolute Gasteiger partial charge is 0.304 e. The van der Waals surface area contributed by atoms with Gasteiger partial charge in [-0.1, -0.05) is 49.7 Å². The Bertz CT molecular complexity index is 545. The van der Waals surface area contributed by atoms with Gasteiger partial charge in [-0.3, -0.25) is 0 Å². The molecule has 0 aromatic heterocycles. The molecule has 1 N–H and O–H groups in total. The molecule has 0 aliphatic heterocycles. The molecule has 0 radical (unpaired) electrons. The SMILES string of the molecule is CCCc1ccc(C(C)N[C@@H](C)c2ccc(F)cc2)cc1. The van der Waals surface area contributed by atoms with Crippen molar-refractivity contribution in [1.82, 2.24) is 5.32 Å². The summed E-state index contributed by atoms with van der Waals surface area (Å²) in [5.41, 5.74) is 3.77. The molecule has 21 heavy (non-hydrogen) atoms. The van der Waals surface area contributed by atoms with Crippen LogP contribution >= 0.6 is 0 Å². The highest BCUT2D eigenvalue weighted by atomic mass is 19.1. The van der Waals surface area contributed by atoms with Crippen molar-refractivity contribution in [2.24, 2.45) is 0 Å². The van der Waals surface area contributed by atoms with Crippen LogP contribution < -0.4 is 5.32 Å². The van der Waals surface area contributed by atoms with Crippen LogP contribution in [0.25, 0.3) is 0 Å². The summed E-state index contributed by atoms with van der Waals surface area (Å²) in [4.78, 5) is 0. The molecule has 2 heteroatoms. The van der Waals surface area contributed by atoms with E-state index in [1.165, 1.54) is 29.7 Å². The van der Waals surface area contributed by atoms with Gasteiger partial charge in [-0.25, -0.2) is 4.39 Å². The number of aryl methyl sites for hydroxylation is 1. The van der Waals surface area contributed by atoms with E-state index in [9.17, 15) is 4.39 Å². The Morgan fingerprint density at radius 2 is 1.33 bits per heavy atom. The van der Waals surface area contributed by atoms with Crippen LogP contribution in [-0.4, -0.2) is 0 Å². The third-order valence-corrected chi connectivity index (χ3v) is 3.89. The lowest BCUT2D eigenvalue weighted by molar-refractivity contribution is 0.494. The minimum atomic E-state index is -0.189. The van der Waals surface area contributed by atoms with Gasteiger partial charge in [0.1, 0.15) is 5.82 Å². The monoisotopic (exact) mass is 285 g/mol. The average molecular weight is 285 g/mol. The second-order valence-corrected chi connectivity index (χ2v) is 5.65. The zero-order valence-electron chi connectivity index (χ0n) is 13.1. The van der Waals surface area contributed by atoms with E-state index in [2.05, 4.69) is 50.4 Å². The zero-order chi connectivity index (χ0) is 15.2. The minimum absolute atomic E-state index is 0.189. The molecular formula is C19H24FN. The lowest BCUT2D eigenvalue weighted by Gasteiger charge is -2.21. The zero-order valence-corrected chi connectivity index (χ0v) is 13.1. The number of rotatable bonds is 6. The van der Waals surface area contributed by atoms with E-state index in [1.807, 2.05) is 12.1 Å². The van der Waals surface area contributed by atoms with Gasteiger partial charge < -0.3 is 5.32 Å². The van der Waals surface area contributed by atoms with Gasteiger partial charge in [-0.05, 0) is 49.1 Å². The first-order valence-electron chi connectivity index (χ1n) is 7.70. The standard InChI is InChI=1S/C19H24FN/c1-4-5-16-6-8-17(9-7-16)14(2)21-15(3)18-10-12-19(20)13-11-18/h6-15,21H,4-5H2,1-3H3/t14?,15-/m0/s1. The van der Waals surface area contributed by atoms with E-state index in [4.69, 9.17) is 0 Å². The number of nitrogens with one attached hydrogen (secondary N) is 1. The van der Waals surface area contributed by atoms with Gasteiger partial charge in [0.2, 0.25) is 0 Å². The van der Waals surface area contributed by atoms with Crippen molar-refractivity contribution in [2.45, 2.75) is 45.7 Å². The summed E-state index contributed by atoms with van der Waals surface area (Å²) in [7, 11) is 0. The van der Waals surface area contributed by atoms with Crippen LogP contribution in [0.15, 0.2) is 48.5 Å². The Kier molecular flexibility index (Phi) is 5.51. The molecule has 2 rings (SSSR count). The molecule has 2 atom stereocenters. The van der Waals surface area contributed by atoms with Crippen molar-refractivity contribution in [3.8, 4) is 0 Å². The van der Waals surface area contributed by atoms with Gasteiger partial charge in [0, 0.05) is 12.1 Å². The predicted octanol–water partition coefficient (Wildman–Crippen LogP) is 5.19. The van der Waals surface area contributed by atoms with Gasteiger partial charge in [0.05, 0.1) is 0 Å². The van der Waals surface area contributed by atoms with Crippen LogP contribution in [0.5, 0.6) is 0 Å². The Balaban J connectivity index is 1.99. The van der Waals surface area contributed by atoms with Crippen molar-refractivity contribution < 1.29 is 4.39 Å². The number of benzene rings is 2. The van der Waals surface area contributed by atoms with E-state index in [-0.39, 0.29) is 17.9 Å². The minimum Gasteiger partial charge on any atom is -0.304 e. The van der Waals surface area contributed by atoms with E-state index < -0.39 is 0 Å². The molecule has 0 saturated heterocycles. The highest BCUT2D eigenvalue weighted by Crippen LogP contribution is 2.20. The fourth-order valence-corrected chi connectivity index (χ4v) is 2.58. The van der Waals surface area contributed by atoms with Crippen LogP contribution in [0.4, 0.5) is 4.39 Å². The maximum atomic E-state index is 13.0. The molecule has 0 amide bonds. The third kappa shape index (κ3) is 4.40. The molecule has 112 valence electrons. The first-order valence-corrected chi connectivity index (χ1v) is 7.70.